The van der Waals surface area contributed by atoms with E-state index in [1.54, 1.807) is 19.1 Å². The Balaban J connectivity index is 3.21. The summed E-state index contributed by atoms with van der Waals surface area (Å²) in [5, 5.41) is 0. The van der Waals surface area contributed by atoms with Gasteiger partial charge < -0.3 is 20.5 Å². The van der Waals surface area contributed by atoms with E-state index in [-0.39, 0.29) is 24.0 Å². The summed E-state index contributed by atoms with van der Waals surface area (Å²) < 4.78 is 51.4. The molecule has 0 fully saturated rings. The number of benzene rings is 1. The highest BCUT2D eigenvalue weighted by Crippen LogP contribution is 2.44. The Kier molecular flexibility index (Phi) is 10.8. The Labute approximate surface area is 175 Å². The maximum atomic E-state index is 13.4. The zero-order chi connectivity index (χ0) is 22.1. The van der Waals surface area contributed by atoms with Gasteiger partial charge in [-0.15, -0.1) is 0 Å². The second kappa shape index (κ2) is 12.0. The molecular weight excluding hydrogens is 413 g/mol. The Morgan fingerprint density at radius 1 is 1.14 bits per heavy atom. The maximum Gasteiger partial charge on any atom is 0.327 e. The minimum absolute atomic E-state index is 0.0146. The van der Waals surface area contributed by atoms with Crippen molar-refractivity contribution in [2.24, 2.45) is 11.7 Å². The quantitative estimate of drug-likeness (QED) is 0.254. The molecule has 1 unspecified atom stereocenters. The predicted molar refractivity (Wildman–Crippen MR) is 117 cm³/mol. The molecule has 8 nitrogen and oxygen atoms in total. The molecule has 0 saturated heterocycles. The number of nitrogens with two attached hydrogens (primary N) is 2. The monoisotopic (exact) mass is 449 g/mol. The molecule has 2 atom stereocenters. The summed E-state index contributed by atoms with van der Waals surface area (Å²) in [7, 11) is -7.05. The first-order chi connectivity index (χ1) is 13.5. The molecule has 0 aliphatic carbocycles. The molecule has 1 aromatic carbocycles. The summed E-state index contributed by atoms with van der Waals surface area (Å²) in [5.41, 5.74) is 11.8. The van der Waals surface area contributed by atoms with Crippen LogP contribution in [0.1, 0.15) is 40.0 Å². The van der Waals surface area contributed by atoms with Crippen molar-refractivity contribution in [3.8, 4) is 0 Å². The Hall–Kier alpha value is -0.960. The van der Waals surface area contributed by atoms with Crippen molar-refractivity contribution in [3.05, 3.63) is 24.3 Å². The number of hydrogen-bond donors (Lipinski definition) is 2. The molecule has 0 amide bonds. The van der Waals surface area contributed by atoms with Crippen LogP contribution in [0.5, 0.6) is 0 Å². The lowest BCUT2D eigenvalue weighted by atomic mass is 10.1. The van der Waals surface area contributed by atoms with E-state index in [1.807, 2.05) is 13.8 Å². The molecule has 4 N–H and O–H groups in total. The lowest BCUT2D eigenvalue weighted by molar-refractivity contribution is 0.154. The normalized spacial score (nSPS) is 15.6. The molecule has 1 aromatic rings. The lowest BCUT2D eigenvalue weighted by Crippen LogP contribution is -2.44. The van der Waals surface area contributed by atoms with E-state index in [4.69, 9.17) is 20.5 Å². The minimum atomic E-state index is -3.79. The molecule has 10 heteroatoms. The molecule has 0 heterocycles. The van der Waals surface area contributed by atoms with Crippen LogP contribution in [0.4, 0.5) is 5.69 Å². The summed E-state index contributed by atoms with van der Waals surface area (Å²) in [6.45, 7) is 8.11. The van der Waals surface area contributed by atoms with Gasteiger partial charge in [-0.2, -0.15) is 4.31 Å². The van der Waals surface area contributed by atoms with E-state index in [9.17, 15) is 13.0 Å². The number of anilines is 1. The number of hydrogen-bond acceptors (Lipinski definition) is 7. The van der Waals surface area contributed by atoms with Gasteiger partial charge in [0.15, 0.2) is 0 Å². The van der Waals surface area contributed by atoms with Crippen LogP contribution in [-0.2, 0) is 23.6 Å². The fourth-order valence-electron chi connectivity index (χ4n) is 2.91. The third-order valence-corrected chi connectivity index (χ3v) is 7.57. The fourth-order valence-corrected chi connectivity index (χ4v) is 5.70. The number of sulfonamides is 1. The molecule has 1 rings (SSSR count). The fraction of sp³-hybridized carbons (Fsp3) is 0.684. The van der Waals surface area contributed by atoms with Gasteiger partial charge in [0.25, 0.3) is 0 Å². The zero-order valence-electron chi connectivity index (χ0n) is 17.9. The molecule has 0 aliphatic heterocycles. The third-order valence-electron chi connectivity index (χ3n) is 4.30. The highest BCUT2D eigenvalue weighted by atomic mass is 32.2. The van der Waals surface area contributed by atoms with Crippen LogP contribution in [0.15, 0.2) is 29.2 Å². The predicted octanol–water partition coefficient (Wildman–Crippen LogP) is 3.29. The summed E-state index contributed by atoms with van der Waals surface area (Å²) in [4.78, 5) is 0.167. The van der Waals surface area contributed by atoms with Crippen LogP contribution in [-0.4, -0.2) is 51.7 Å². The lowest BCUT2D eigenvalue weighted by Gasteiger charge is -2.32. The van der Waals surface area contributed by atoms with E-state index in [0.717, 1.165) is 12.8 Å². The van der Waals surface area contributed by atoms with Crippen molar-refractivity contribution >= 4 is 23.3 Å². The molecule has 29 heavy (non-hydrogen) atoms. The molecule has 0 spiro atoms. The van der Waals surface area contributed by atoms with Crippen molar-refractivity contribution in [2.75, 3.05) is 38.7 Å². The van der Waals surface area contributed by atoms with Crippen LogP contribution in [0.3, 0.4) is 0 Å². The van der Waals surface area contributed by atoms with Gasteiger partial charge in [-0.3, -0.25) is 4.57 Å². The molecule has 0 saturated carbocycles. The van der Waals surface area contributed by atoms with Crippen molar-refractivity contribution in [2.45, 2.75) is 51.0 Å². The van der Waals surface area contributed by atoms with Crippen molar-refractivity contribution in [1.82, 2.24) is 4.31 Å². The van der Waals surface area contributed by atoms with Gasteiger partial charge in [0, 0.05) is 24.9 Å². The largest absolute Gasteiger partial charge is 0.399 e. The van der Waals surface area contributed by atoms with Gasteiger partial charge in [0.1, 0.15) is 0 Å². The number of rotatable bonds is 14. The van der Waals surface area contributed by atoms with Crippen molar-refractivity contribution < 1.29 is 22.0 Å². The van der Waals surface area contributed by atoms with Crippen molar-refractivity contribution in [3.63, 3.8) is 0 Å². The SMILES string of the molecule is CCOP(C)(=O)OC[C@H](CCCCN)N(CC(C)C)S(=O)(=O)c1ccc(N)cc1. The highest BCUT2D eigenvalue weighted by Gasteiger charge is 2.33. The van der Waals surface area contributed by atoms with Gasteiger partial charge in [-0.05, 0) is 56.5 Å². The Morgan fingerprint density at radius 2 is 1.76 bits per heavy atom. The first-order valence-electron chi connectivity index (χ1n) is 9.97. The standard InChI is InChI=1S/C19H36N3O5PS/c1-5-26-28(4,23)27-15-18(8-6-7-13-20)22(14-16(2)3)29(24,25)19-11-9-17(21)10-12-19/h9-12,16,18H,5-8,13-15,20-21H2,1-4H3/t18-,28?/m0/s1. The van der Waals surface area contributed by atoms with E-state index >= 15 is 0 Å². The highest BCUT2D eigenvalue weighted by molar-refractivity contribution is 7.89. The van der Waals surface area contributed by atoms with E-state index in [1.165, 1.54) is 23.1 Å². The third kappa shape index (κ3) is 8.74. The molecule has 0 radical (unpaired) electrons. The molecule has 0 bridgehead atoms. The number of unbranched alkanes of at least 4 members (excludes halogenated alkanes) is 1. The zero-order valence-corrected chi connectivity index (χ0v) is 19.6. The van der Waals surface area contributed by atoms with Crippen molar-refractivity contribution in [1.29, 1.82) is 0 Å². The average Bonchev–Trinajstić information content (AvgIpc) is 2.63. The van der Waals surface area contributed by atoms with E-state index in [2.05, 4.69) is 0 Å². The van der Waals surface area contributed by atoms with E-state index in [0.29, 0.717) is 25.2 Å². The van der Waals surface area contributed by atoms with Crippen LogP contribution in [0.2, 0.25) is 0 Å². The smallest absolute Gasteiger partial charge is 0.327 e. The second-order valence-corrected chi connectivity index (χ2v) is 11.4. The summed E-state index contributed by atoms with van der Waals surface area (Å²) >= 11 is 0. The van der Waals surface area contributed by atoms with Crippen LogP contribution < -0.4 is 11.5 Å². The molecule has 0 aliphatic rings. The average molecular weight is 450 g/mol. The number of nitrogens with zero attached hydrogens (tertiary/aromatic N) is 1. The van der Waals surface area contributed by atoms with E-state index < -0.39 is 23.7 Å². The van der Waals surface area contributed by atoms with Crippen LogP contribution in [0.25, 0.3) is 0 Å². The van der Waals surface area contributed by atoms with Gasteiger partial charge in [0.05, 0.1) is 18.1 Å². The Morgan fingerprint density at radius 3 is 2.28 bits per heavy atom. The minimum Gasteiger partial charge on any atom is -0.399 e. The van der Waals surface area contributed by atoms with Gasteiger partial charge in [-0.25, -0.2) is 8.42 Å². The summed E-state index contributed by atoms with van der Waals surface area (Å²) in [5.74, 6) is 0.0934. The second-order valence-electron chi connectivity index (χ2n) is 7.46. The Bertz CT molecular complexity index is 756. The van der Waals surface area contributed by atoms with Crippen LogP contribution >= 0.6 is 7.60 Å². The molecular formula is C19H36N3O5PS. The maximum absolute atomic E-state index is 13.4. The molecule has 0 aromatic heterocycles. The van der Waals surface area contributed by atoms with Gasteiger partial charge in [0.2, 0.25) is 10.0 Å². The van der Waals surface area contributed by atoms with Crippen LogP contribution in [0, 0.1) is 5.92 Å². The van der Waals surface area contributed by atoms with Gasteiger partial charge >= 0.3 is 7.60 Å². The van der Waals surface area contributed by atoms with Gasteiger partial charge in [-0.1, -0.05) is 20.3 Å². The first-order valence-corrected chi connectivity index (χ1v) is 13.4. The summed E-state index contributed by atoms with van der Waals surface area (Å²) in [6.07, 6.45) is 2.05. The topological polar surface area (TPSA) is 125 Å². The summed E-state index contributed by atoms with van der Waals surface area (Å²) in [6, 6.07) is 5.65. The molecule has 168 valence electrons. The first kappa shape index (κ1) is 26.1. The number of nitrogen functional groups attached to an aromatic ring is 1.